The molecule has 0 radical (unpaired) electrons. The van der Waals surface area contributed by atoms with Crippen molar-refractivity contribution in [1.82, 2.24) is 0 Å². The molecule has 1 amide bonds. The maximum Gasteiger partial charge on any atom is 0.343 e. The smallest absolute Gasteiger partial charge is 0.343 e. The third-order valence-corrected chi connectivity index (χ3v) is 4.26. The summed E-state index contributed by atoms with van der Waals surface area (Å²) < 4.78 is 9.84. The maximum absolute atomic E-state index is 12.5. The summed E-state index contributed by atoms with van der Waals surface area (Å²) in [5, 5.41) is 2.94. The molecule has 1 aromatic carbocycles. The molecule has 0 aromatic heterocycles. The number of carbonyl (C=O) groups excluding carboxylic acids is 2. The predicted octanol–water partition coefficient (Wildman–Crippen LogP) is 2.25. The van der Waals surface area contributed by atoms with Crippen LogP contribution in [0.4, 0.5) is 5.69 Å². The zero-order chi connectivity index (χ0) is 17.5. The highest BCUT2D eigenvalue weighted by Gasteiger charge is 2.33. The molecule has 0 unspecified atom stereocenters. The zero-order valence-electron chi connectivity index (χ0n) is 14.3. The summed E-state index contributed by atoms with van der Waals surface area (Å²) in [4.78, 5) is 23.6. The molecule has 6 heteroatoms. The van der Waals surface area contributed by atoms with E-state index in [1.165, 1.54) is 7.11 Å². The summed E-state index contributed by atoms with van der Waals surface area (Å²) in [5.74, 6) is 0.0250. The van der Waals surface area contributed by atoms with Crippen molar-refractivity contribution in [2.24, 2.45) is 11.1 Å². The van der Waals surface area contributed by atoms with Crippen molar-refractivity contribution < 1.29 is 19.1 Å². The molecule has 0 spiro atoms. The van der Waals surface area contributed by atoms with Crippen LogP contribution in [0.15, 0.2) is 18.2 Å². The summed E-state index contributed by atoms with van der Waals surface area (Å²) in [6.07, 6.45) is 1.37. The second-order valence-corrected chi connectivity index (χ2v) is 5.49. The second kappa shape index (κ2) is 8.53. The summed E-state index contributed by atoms with van der Waals surface area (Å²) in [5.41, 5.74) is 6.81. The van der Waals surface area contributed by atoms with Crippen LogP contribution < -0.4 is 15.8 Å². The van der Waals surface area contributed by atoms with Crippen molar-refractivity contribution in [3.63, 3.8) is 0 Å². The zero-order valence-corrected chi connectivity index (χ0v) is 14.3. The van der Waals surface area contributed by atoms with Gasteiger partial charge in [-0.25, -0.2) is 4.79 Å². The van der Waals surface area contributed by atoms with E-state index >= 15 is 0 Å². The number of anilines is 1. The van der Waals surface area contributed by atoms with Gasteiger partial charge in [-0.1, -0.05) is 13.8 Å². The van der Waals surface area contributed by atoms with Gasteiger partial charge in [0.1, 0.15) is 5.75 Å². The number of esters is 1. The normalized spacial score (nSPS) is 11.0. The standard InChI is InChI=1S/C17H26N2O4/c1-5-17(6-2,11-18)16(21)19-14-8-7-13(9-12(14)3)23-10-15(20)22-4/h7-9H,5-6,10-11,18H2,1-4H3,(H,19,21). The van der Waals surface area contributed by atoms with Crippen LogP contribution >= 0.6 is 0 Å². The molecule has 0 heterocycles. The molecule has 1 rings (SSSR count). The molecule has 23 heavy (non-hydrogen) atoms. The first-order valence-corrected chi connectivity index (χ1v) is 7.74. The Morgan fingerprint density at radius 2 is 1.91 bits per heavy atom. The molecule has 6 nitrogen and oxygen atoms in total. The lowest BCUT2D eigenvalue weighted by atomic mass is 9.81. The van der Waals surface area contributed by atoms with Gasteiger partial charge in [0.25, 0.3) is 0 Å². The number of rotatable bonds is 8. The van der Waals surface area contributed by atoms with Crippen molar-refractivity contribution in [3.05, 3.63) is 23.8 Å². The minimum Gasteiger partial charge on any atom is -0.482 e. The van der Waals surface area contributed by atoms with E-state index < -0.39 is 11.4 Å². The van der Waals surface area contributed by atoms with E-state index in [0.717, 1.165) is 5.56 Å². The Bertz CT molecular complexity index is 545. The number of amides is 1. The summed E-state index contributed by atoms with van der Waals surface area (Å²) in [6, 6.07) is 5.22. The van der Waals surface area contributed by atoms with Gasteiger partial charge in [-0.2, -0.15) is 0 Å². The molecule has 0 fully saturated rings. The van der Waals surface area contributed by atoms with E-state index in [0.29, 0.717) is 30.8 Å². The quantitative estimate of drug-likeness (QED) is 0.716. The fourth-order valence-corrected chi connectivity index (χ4v) is 2.27. The Kier molecular flexibility index (Phi) is 7.03. The van der Waals surface area contributed by atoms with Crippen LogP contribution in [-0.4, -0.2) is 32.1 Å². The van der Waals surface area contributed by atoms with Crippen molar-refractivity contribution in [3.8, 4) is 5.75 Å². The van der Waals surface area contributed by atoms with Crippen molar-refractivity contribution in [2.45, 2.75) is 33.6 Å². The van der Waals surface area contributed by atoms with E-state index in [1.54, 1.807) is 18.2 Å². The Morgan fingerprint density at radius 1 is 1.26 bits per heavy atom. The molecule has 0 aliphatic rings. The average molecular weight is 322 g/mol. The fourth-order valence-electron chi connectivity index (χ4n) is 2.27. The van der Waals surface area contributed by atoms with E-state index in [1.807, 2.05) is 20.8 Å². The highest BCUT2D eigenvalue weighted by Crippen LogP contribution is 2.28. The lowest BCUT2D eigenvalue weighted by Crippen LogP contribution is -2.41. The Labute approximate surface area is 137 Å². The molecule has 0 aliphatic carbocycles. The highest BCUT2D eigenvalue weighted by molar-refractivity contribution is 5.96. The lowest BCUT2D eigenvalue weighted by Gasteiger charge is -2.28. The molecular weight excluding hydrogens is 296 g/mol. The number of nitrogens with two attached hydrogens (primary N) is 1. The van der Waals surface area contributed by atoms with Crippen LogP contribution in [0.2, 0.25) is 0 Å². The lowest BCUT2D eigenvalue weighted by molar-refractivity contribution is -0.142. The number of ether oxygens (including phenoxy) is 2. The molecule has 0 saturated carbocycles. The van der Waals surface area contributed by atoms with Crippen molar-refractivity contribution >= 4 is 17.6 Å². The van der Waals surface area contributed by atoms with E-state index in [-0.39, 0.29) is 12.5 Å². The average Bonchev–Trinajstić information content (AvgIpc) is 2.57. The minimum absolute atomic E-state index is 0.0728. The summed E-state index contributed by atoms with van der Waals surface area (Å²) >= 11 is 0. The van der Waals surface area contributed by atoms with Gasteiger partial charge in [0.2, 0.25) is 5.91 Å². The van der Waals surface area contributed by atoms with Gasteiger partial charge >= 0.3 is 5.97 Å². The minimum atomic E-state index is -0.549. The highest BCUT2D eigenvalue weighted by atomic mass is 16.6. The molecule has 128 valence electrons. The molecule has 0 aliphatic heterocycles. The molecular formula is C17H26N2O4. The molecule has 3 N–H and O–H groups in total. The number of hydrogen-bond donors (Lipinski definition) is 2. The van der Waals surface area contributed by atoms with Crippen LogP contribution in [0, 0.1) is 12.3 Å². The Morgan fingerprint density at radius 3 is 2.39 bits per heavy atom. The largest absolute Gasteiger partial charge is 0.482 e. The van der Waals surface area contributed by atoms with Crippen LogP contribution in [0.3, 0.4) is 0 Å². The van der Waals surface area contributed by atoms with Crippen LogP contribution in [-0.2, 0) is 14.3 Å². The van der Waals surface area contributed by atoms with E-state index in [2.05, 4.69) is 10.1 Å². The summed E-state index contributed by atoms with van der Waals surface area (Å²) in [7, 11) is 1.31. The Balaban J connectivity index is 2.82. The molecule has 1 aromatic rings. The number of nitrogens with one attached hydrogen (secondary N) is 1. The summed E-state index contributed by atoms with van der Waals surface area (Å²) in [6.45, 7) is 5.95. The fraction of sp³-hybridized carbons (Fsp3) is 0.529. The van der Waals surface area contributed by atoms with Gasteiger partial charge in [0.05, 0.1) is 12.5 Å². The first-order chi connectivity index (χ1) is 10.9. The van der Waals surface area contributed by atoms with Crippen LogP contribution in [0.1, 0.15) is 32.3 Å². The van der Waals surface area contributed by atoms with Gasteiger partial charge in [-0.05, 0) is 43.5 Å². The Hall–Kier alpha value is -2.08. The third-order valence-electron chi connectivity index (χ3n) is 4.26. The first-order valence-electron chi connectivity index (χ1n) is 7.74. The number of aryl methyl sites for hydroxylation is 1. The second-order valence-electron chi connectivity index (χ2n) is 5.49. The number of benzene rings is 1. The van der Waals surface area contributed by atoms with Gasteiger partial charge in [-0.15, -0.1) is 0 Å². The van der Waals surface area contributed by atoms with Crippen molar-refractivity contribution in [2.75, 3.05) is 25.6 Å². The molecule has 0 bridgehead atoms. The monoisotopic (exact) mass is 322 g/mol. The van der Waals surface area contributed by atoms with E-state index in [9.17, 15) is 9.59 Å². The van der Waals surface area contributed by atoms with Gasteiger partial charge in [0.15, 0.2) is 6.61 Å². The predicted molar refractivity (Wildman–Crippen MR) is 89.4 cm³/mol. The van der Waals surface area contributed by atoms with E-state index in [4.69, 9.17) is 10.5 Å². The number of methoxy groups -OCH3 is 1. The first kappa shape index (κ1) is 19.0. The molecule has 0 saturated heterocycles. The molecule has 0 atom stereocenters. The van der Waals surface area contributed by atoms with Gasteiger partial charge in [-0.3, -0.25) is 4.79 Å². The van der Waals surface area contributed by atoms with Crippen molar-refractivity contribution in [1.29, 1.82) is 0 Å². The SMILES string of the molecule is CCC(CC)(CN)C(=O)Nc1ccc(OCC(=O)OC)cc1C. The number of carbonyl (C=O) groups is 2. The van der Waals surface area contributed by atoms with Crippen LogP contribution in [0.25, 0.3) is 0 Å². The van der Waals surface area contributed by atoms with Gasteiger partial charge < -0.3 is 20.5 Å². The van der Waals surface area contributed by atoms with Gasteiger partial charge in [0, 0.05) is 12.2 Å². The maximum atomic E-state index is 12.5. The topological polar surface area (TPSA) is 90.7 Å². The van der Waals surface area contributed by atoms with Crippen LogP contribution in [0.5, 0.6) is 5.75 Å². The number of hydrogen-bond acceptors (Lipinski definition) is 5. The third kappa shape index (κ3) is 4.69.